The Balaban J connectivity index is 1.57. The summed E-state index contributed by atoms with van der Waals surface area (Å²) >= 11 is 6.12. The molecule has 144 valence electrons. The van der Waals surface area contributed by atoms with Crippen molar-refractivity contribution in [3.8, 4) is 17.1 Å². The number of carbonyl (C=O) groups excluding carboxylic acids is 1. The molecule has 3 aromatic rings. The van der Waals surface area contributed by atoms with Crippen molar-refractivity contribution >= 4 is 23.3 Å². The first-order valence-electron chi connectivity index (χ1n) is 9.18. The Labute approximate surface area is 167 Å². The lowest BCUT2D eigenvalue weighted by Gasteiger charge is -2.16. The summed E-state index contributed by atoms with van der Waals surface area (Å²) in [5.41, 5.74) is 1.20. The van der Waals surface area contributed by atoms with Crippen molar-refractivity contribution in [2.24, 2.45) is 7.05 Å². The van der Waals surface area contributed by atoms with Gasteiger partial charge >= 0.3 is 0 Å². The highest BCUT2D eigenvalue weighted by Crippen LogP contribution is 2.29. The molecule has 8 heteroatoms. The number of rotatable bonds is 5. The first-order chi connectivity index (χ1) is 13.6. The lowest BCUT2D eigenvalue weighted by Crippen LogP contribution is -2.18. The molecule has 1 saturated carbocycles. The number of hydrogen-bond donors (Lipinski definition) is 1. The van der Waals surface area contributed by atoms with E-state index >= 15 is 0 Å². The fourth-order valence-corrected chi connectivity index (χ4v) is 3.51. The SMILES string of the molecule is Cn1cnnc1-c1ccnc(NC(=O)c2cc(Cl)ccc2OC2CCCC2)c1. The number of ether oxygens (including phenoxy) is 1. The fourth-order valence-electron chi connectivity index (χ4n) is 3.33. The standard InChI is InChI=1S/C20H20ClN5O2/c1-26-12-23-25-19(26)13-8-9-22-18(10-13)24-20(27)16-11-14(21)6-7-17(16)28-15-4-2-3-5-15/h6-12,15H,2-5H2,1H3,(H,22,24,27). The molecule has 1 amide bonds. The molecule has 4 rings (SSSR count). The van der Waals surface area contributed by atoms with Gasteiger partial charge in [-0.15, -0.1) is 10.2 Å². The van der Waals surface area contributed by atoms with Crippen molar-refractivity contribution in [3.05, 3.63) is 53.4 Å². The van der Waals surface area contributed by atoms with E-state index in [2.05, 4.69) is 20.5 Å². The molecule has 1 aliphatic carbocycles. The Morgan fingerprint density at radius 2 is 2.07 bits per heavy atom. The molecule has 28 heavy (non-hydrogen) atoms. The second kappa shape index (κ2) is 7.98. The molecule has 0 unspecified atom stereocenters. The van der Waals surface area contributed by atoms with Crippen LogP contribution in [0.15, 0.2) is 42.9 Å². The quantitative estimate of drug-likeness (QED) is 0.700. The number of pyridine rings is 1. The Morgan fingerprint density at radius 1 is 1.25 bits per heavy atom. The van der Waals surface area contributed by atoms with Crippen LogP contribution in [0.3, 0.4) is 0 Å². The molecule has 1 N–H and O–H groups in total. The highest BCUT2D eigenvalue weighted by molar-refractivity contribution is 6.31. The molecule has 0 aliphatic heterocycles. The smallest absolute Gasteiger partial charge is 0.260 e. The minimum atomic E-state index is -0.321. The minimum Gasteiger partial charge on any atom is -0.490 e. The van der Waals surface area contributed by atoms with E-state index in [9.17, 15) is 4.79 Å². The molecule has 7 nitrogen and oxygen atoms in total. The highest BCUT2D eigenvalue weighted by Gasteiger charge is 2.21. The molecule has 0 atom stereocenters. The van der Waals surface area contributed by atoms with E-state index in [0.717, 1.165) is 31.2 Å². The van der Waals surface area contributed by atoms with Crippen LogP contribution in [-0.4, -0.2) is 31.8 Å². The maximum atomic E-state index is 12.9. The number of halogens is 1. The molecule has 2 aromatic heterocycles. The van der Waals surface area contributed by atoms with E-state index in [1.54, 1.807) is 41.4 Å². The van der Waals surface area contributed by atoms with Gasteiger partial charge in [-0.25, -0.2) is 4.98 Å². The summed E-state index contributed by atoms with van der Waals surface area (Å²) in [6.07, 6.45) is 7.69. The Morgan fingerprint density at radius 3 is 2.82 bits per heavy atom. The first kappa shape index (κ1) is 18.4. The number of nitrogens with one attached hydrogen (secondary N) is 1. The number of benzene rings is 1. The zero-order valence-electron chi connectivity index (χ0n) is 15.4. The van der Waals surface area contributed by atoms with Crippen LogP contribution in [0, 0.1) is 0 Å². The van der Waals surface area contributed by atoms with Gasteiger partial charge in [0.1, 0.15) is 17.9 Å². The van der Waals surface area contributed by atoms with Crippen molar-refractivity contribution in [1.29, 1.82) is 0 Å². The topological polar surface area (TPSA) is 81.9 Å². The molecule has 1 fully saturated rings. The highest BCUT2D eigenvalue weighted by atomic mass is 35.5. The van der Waals surface area contributed by atoms with Crippen LogP contribution in [0.25, 0.3) is 11.4 Å². The number of aromatic nitrogens is 4. The third-order valence-electron chi connectivity index (χ3n) is 4.75. The number of hydrogen-bond acceptors (Lipinski definition) is 5. The zero-order chi connectivity index (χ0) is 19.5. The normalized spacial score (nSPS) is 14.2. The van der Waals surface area contributed by atoms with Crippen molar-refractivity contribution in [3.63, 3.8) is 0 Å². The molecule has 1 aromatic carbocycles. The van der Waals surface area contributed by atoms with Gasteiger partial charge in [0.2, 0.25) is 0 Å². The lowest BCUT2D eigenvalue weighted by atomic mass is 10.1. The minimum absolute atomic E-state index is 0.144. The zero-order valence-corrected chi connectivity index (χ0v) is 16.2. The van der Waals surface area contributed by atoms with Gasteiger partial charge in [-0.3, -0.25) is 4.79 Å². The molecule has 0 spiro atoms. The van der Waals surface area contributed by atoms with E-state index in [1.165, 1.54) is 0 Å². The number of anilines is 1. The summed E-state index contributed by atoms with van der Waals surface area (Å²) in [5.74, 6) is 1.32. The largest absolute Gasteiger partial charge is 0.490 e. The van der Waals surface area contributed by atoms with Crippen LogP contribution in [-0.2, 0) is 7.05 Å². The summed E-state index contributed by atoms with van der Waals surface area (Å²) in [4.78, 5) is 17.1. The monoisotopic (exact) mass is 397 g/mol. The van der Waals surface area contributed by atoms with Crippen LogP contribution >= 0.6 is 11.6 Å². The predicted octanol–water partition coefficient (Wildman–Crippen LogP) is 4.10. The number of nitrogens with zero attached hydrogens (tertiary/aromatic N) is 4. The average Bonchev–Trinajstić information content (AvgIpc) is 3.35. The summed E-state index contributed by atoms with van der Waals surface area (Å²) in [7, 11) is 1.85. The molecular formula is C20H20ClN5O2. The molecule has 2 heterocycles. The second-order valence-electron chi connectivity index (χ2n) is 6.81. The Hall–Kier alpha value is -2.93. The lowest BCUT2D eigenvalue weighted by molar-refractivity contribution is 0.101. The molecule has 0 radical (unpaired) electrons. The second-order valence-corrected chi connectivity index (χ2v) is 7.25. The van der Waals surface area contributed by atoms with Crippen molar-refractivity contribution in [2.75, 3.05) is 5.32 Å². The molecule has 0 bridgehead atoms. The summed E-state index contributed by atoms with van der Waals surface area (Å²) in [6, 6.07) is 8.67. The van der Waals surface area contributed by atoms with E-state index in [0.29, 0.717) is 28.0 Å². The van der Waals surface area contributed by atoms with Gasteiger partial charge in [0, 0.05) is 23.8 Å². The van der Waals surface area contributed by atoms with Gasteiger partial charge in [-0.05, 0) is 56.0 Å². The van der Waals surface area contributed by atoms with Gasteiger partial charge in [0.15, 0.2) is 5.82 Å². The van der Waals surface area contributed by atoms with Crippen LogP contribution in [0.4, 0.5) is 5.82 Å². The van der Waals surface area contributed by atoms with Crippen LogP contribution in [0.5, 0.6) is 5.75 Å². The Bertz CT molecular complexity index is 998. The maximum Gasteiger partial charge on any atom is 0.260 e. The first-order valence-corrected chi connectivity index (χ1v) is 9.56. The van der Waals surface area contributed by atoms with Gasteiger partial charge < -0.3 is 14.6 Å². The third-order valence-corrected chi connectivity index (χ3v) is 4.99. The van der Waals surface area contributed by atoms with Crippen LogP contribution in [0.2, 0.25) is 5.02 Å². The summed E-state index contributed by atoms with van der Waals surface area (Å²) in [5, 5.41) is 11.3. The third kappa shape index (κ3) is 3.99. The number of carbonyl (C=O) groups is 1. The van der Waals surface area contributed by atoms with E-state index < -0.39 is 0 Å². The van der Waals surface area contributed by atoms with Crippen molar-refractivity contribution in [2.45, 2.75) is 31.8 Å². The van der Waals surface area contributed by atoms with Crippen molar-refractivity contribution in [1.82, 2.24) is 19.7 Å². The number of amides is 1. The van der Waals surface area contributed by atoms with Gasteiger partial charge in [-0.2, -0.15) is 0 Å². The van der Waals surface area contributed by atoms with E-state index in [1.807, 2.05) is 13.1 Å². The summed E-state index contributed by atoms with van der Waals surface area (Å²) in [6.45, 7) is 0. The van der Waals surface area contributed by atoms with Gasteiger partial charge in [0.25, 0.3) is 5.91 Å². The van der Waals surface area contributed by atoms with Crippen LogP contribution in [0.1, 0.15) is 36.0 Å². The molecule has 0 saturated heterocycles. The maximum absolute atomic E-state index is 12.9. The number of aryl methyl sites for hydroxylation is 1. The molecule has 1 aliphatic rings. The van der Waals surface area contributed by atoms with Crippen molar-refractivity contribution < 1.29 is 9.53 Å². The van der Waals surface area contributed by atoms with E-state index in [4.69, 9.17) is 16.3 Å². The van der Waals surface area contributed by atoms with Gasteiger partial charge in [-0.1, -0.05) is 11.6 Å². The molecular weight excluding hydrogens is 378 g/mol. The predicted molar refractivity (Wildman–Crippen MR) is 107 cm³/mol. The Kier molecular flexibility index (Phi) is 5.25. The van der Waals surface area contributed by atoms with Crippen LogP contribution < -0.4 is 10.1 Å². The fraction of sp³-hybridized carbons (Fsp3) is 0.300. The average molecular weight is 398 g/mol. The van der Waals surface area contributed by atoms with E-state index in [-0.39, 0.29) is 12.0 Å². The van der Waals surface area contributed by atoms with Gasteiger partial charge in [0.05, 0.1) is 11.7 Å². The summed E-state index contributed by atoms with van der Waals surface area (Å²) < 4.78 is 7.85.